The van der Waals surface area contributed by atoms with Crippen LogP contribution >= 0.6 is 22.7 Å². The molecule has 0 saturated heterocycles. The number of methoxy groups -OCH3 is 2. The fraction of sp³-hybridized carbons (Fsp3) is 0.200. The maximum Gasteiger partial charge on any atom is 0.193 e. The molecule has 0 unspecified atom stereocenters. The van der Waals surface area contributed by atoms with Crippen LogP contribution in [0.15, 0.2) is 78.0 Å². The van der Waals surface area contributed by atoms with Gasteiger partial charge in [-0.15, -0.1) is 22.7 Å². The normalized spacial score (nSPS) is 11.3. The van der Waals surface area contributed by atoms with Crippen molar-refractivity contribution in [2.24, 2.45) is 0 Å². The standard InChI is InChI=1S/C25H25N5O2S2/c1-31-22-8-7-19(23(15-22)32-2)16-28(17-20-5-3-11-29(20)24-26-9-13-33-24)18-21-6-4-12-30(21)25-27-10-14-34-25/h3-15H,16-18H2,1-2H3. The van der Waals surface area contributed by atoms with Crippen LogP contribution in [-0.4, -0.2) is 38.2 Å². The van der Waals surface area contributed by atoms with Gasteiger partial charge in [0.1, 0.15) is 11.5 Å². The molecule has 0 amide bonds. The number of benzene rings is 1. The summed E-state index contributed by atoms with van der Waals surface area (Å²) in [6.07, 6.45) is 7.81. The molecular weight excluding hydrogens is 466 g/mol. The Morgan fingerprint density at radius 3 is 1.91 bits per heavy atom. The Labute approximate surface area is 206 Å². The van der Waals surface area contributed by atoms with Crippen molar-refractivity contribution >= 4 is 22.7 Å². The Kier molecular flexibility index (Phi) is 6.75. The molecule has 34 heavy (non-hydrogen) atoms. The summed E-state index contributed by atoms with van der Waals surface area (Å²) in [6, 6.07) is 14.4. The van der Waals surface area contributed by atoms with Gasteiger partial charge in [0.25, 0.3) is 0 Å². The zero-order valence-corrected chi connectivity index (χ0v) is 20.6. The molecule has 4 heterocycles. The molecule has 174 valence electrons. The highest BCUT2D eigenvalue weighted by molar-refractivity contribution is 7.12. The number of aromatic nitrogens is 4. The summed E-state index contributed by atoms with van der Waals surface area (Å²) in [7, 11) is 3.37. The first-order valence-electron chi connectivity index (χ1n) is 10.8. The second-order valence-electron chi connectivity index (χ2n) is 7.69. The second kappa shape index (κ2) is 10.3. The van der Waals surface area contributed by atoms with Gasteiger partial charge in [0.05, 0.1) is 14.2 Å². The van der Waals surface area contributed by atoms with E-state index in [1.807, 2.05) is 35.3 Å². The van der Waals surface area contributed by atoms with Gasteiger partial charge in [-0.25, -0.2) is 9.97 Å². The zero-order valence-electron chi connectivity index (χ0n) is 19.0. The van der Waals surface area contributed by atoms with E-state index < -0.39 is 0 Å². The zero-order chi connectivity index (χ0) is 23.3. The average molecular weight is 492 g/mol. The minimum Gasteiger partial charge on any atom is -0.497 e. The Bertz CT molecular complexity index is 1250. The van der Waals surface area contributed by atoms with E-state index in [9.17, 15) is 0 Å². The first kappa shape index (κ1) is 22.4. The van der Waals surface area contributed by atoms with E-state index in [0.717, 1.165) is 40.4 Å². The van der Waals surface area contributed by atoms with Crippen LogP contribution in [0.5, 0.6) is 11.5 Å². The SMILES string of the molecule is COc1ccc(CN(Cc2cccn2-c2nccs2)Cc2cccn2-c2nccs2)c(OC)c1. The lowest BCUT2D eigenvalue weighted by molar-refractivity contribution is 0.235. The maximum atomic E-state index is 5.69. The van der Waals surface area contributed by atoms with Crippen molar-refractivity contribution in [3.05, 3.63) is 95.0 Å². The number of hydrogen-bond acceptors (Lipinski definition) is 7. The van der Waals surface area contributed by atoms with Crippen LogP contribution < -0.4 is 9.47 Å². The third-order valence-electron chi connectivity index (χ3n) is 5.58. The Morgan fingerprint density at radius 1 is 0.794 bits per heavy atom. The summed E-state index contributed by atoms with van der Waals surface area (Å²) >= 11 is 3.26. The quantitative estimate of drug-likeness (QED) is 0.262. The van der Waals surface area contributed by atoms with E-state index >= 15 is 0 Å². The minimum absolute atomic E-state index is 0.708. The number of hydrogen-bond donors (Lipinski definition) is 0. The molecule has 0 bridgehead atoms. The van der Waals surface area contributed by atoms with Gasteiger partial charge in [-0.2, -0.15) is 0 Å². The van der Waals surface area contributed by atoms with Crippen molar-refractivity contribution in [3.8, 4) is 21.8 Å². The molecule has 5 aromatic rings. The highest BCUT2D eigenvalue weighted by Crippen LogP contribution is 2.28. The molecule has 0 spiro atoms. The van der Waals surface area contributed by atoms with Crippen LogP contribution in [0.4, 0.5) is 0 Å². The first-order chi connectivity index (χ1) is 16.7. The van der Waals surface area contributed by atoms with E-state index in [0.29, 0.717) is 6.54 Å². The molecule has 4 aromatic heterocycles. The third kappa shape index (κ3) is 4.77. The van der Waals surface area contributed by atoms with Crippen molar-refractivity contribution in [3.63, 3.8) is 0 Å². The predicted octanol–water partition coefficient (Wildman–Crippen LogP) is 5.40. The van der Waals surface area contributed by atoms with Crippen LogP contribution in [0, 0.1) is 0 Å². The minimum atomic E-state index is 0.708. The summed E-state index contributed by atoms with van der Waals surface area (Å²) < 4.78 is 15.4. The Morgan fingerprint density at radius 2 is 1.41 bits per heavy atom. The van der Waals surface area contributed by atoms with Gasteiger partial charge in [0, 0.05) is 78.2 Å². The van der Waals surface area contributed by atoms with Gasteiger partial charge in [-0.1, -0.05) is 6.07 Å². The number of thiazole rings is 2. The molecular formula is C25H25N5O2S2. The fourth-order valence-corrected chi connectivity index (χ4v) is 5.30. The molecule has 0 atom stereocenters. The van der Waals surface area contributed by atoms with Crippen LogP contribution in [0.2, 0.25) is 0 Å². The lowest BCUT2D eigenvalue weighted by Crippen LogP contribution is -2.25. The van der Waals surface area contributed by atoms with Gasteiger partial charge < -0.3 is 9.47 Å². The fourth-order valence-electron chi connectivity index (χ4n) is 3.98. The predicted molar refractivity (Wildman–Crippen MR) is 135 cm³/mol. The number of rotatable bonds is 10. The van der Waals surface area contributed by atoms with Gasteiger partial charge in [-0.05, 0) is 30.3 Å². The van der Waals surface area contributed by atoms with E-state index in [-0.39, 0.29) is 0 Å². The van der Waals surface area contributed by atoms with Crippen LogP contribution in [0.3, 0.4) is 0 Å². The summed E-state index contributed by atoms with van der Waals surface area (Å²) in [5.74, 6) is 1.59. The van der Waals surface area contributed by atoms with E-state index in [2.05, 4.69) is 66.7 Å². The molecule has 0 radical (unpaired) electrons. The van der Waals surface area contributed by atoms with Crippen LogP contribution in [-0.2, 0) is 19.6 Å². The van der Waals surface area contributed by atoms with Gasteiger partial charge in [0.2, 0.25) is 0 Å². The highest BCUT2D eigenvalue weighted by Gasteiger charge is 2.17. The average Bonchev–Trinajstić information content (AvgIpc) is 3.66. The van der Waals surface area contributed by atoms with Crippen LogP contribution in [0.1, 0.15) is 17.0 Å². The lowest BCUT2D eigenvalue weighted by Gasteiger charge is -2.24. The van der Waals surface area contributed by atoms with Gasteiger partial charge in [0.15, 0.2) is 10.3 Å². The molecule has 7 nitrogen and oxygen atoms in total. The first-order valence-corrected chi connectivity index (χ1v) is 12.6. The van der Waals surface area contributed by atoms with Gasteiger partial charge in [-0.3, -0.25) is 14.0 Å². The van der Waals surface area contributed by atoms with E-state index in [1.54, 1.807) is 36.9 Å². The maximum absolute atomic E-state index is 5.69. The third-order valence-corrected chi connectivity index (χ3v) is 7.12. The topological polar surface area (TPSA) is 57.3 Å². The Balaban J connectivity index is 1.47. The summed E-state index contributed by atoms with van der Waals surface area (Å²) in [5.41, 5.74) is 3.45. The van der Waals surface area contributed by atoms with Crippen molar-refractivity contribution < 1.29 is 9.47 Å². The molecule has 0 N–H and O–H groups in total. The monoisotopic (exact) mass is 491 g/mol. The summed E-state index contributed by atoms with van der Waals surface area (Å²) in [5, 5.41) is 5.93. The Hall–Kier alpha value is -3.40. The lowest BCUT2D eigenvalue weighted by atomic mass is 10.1. The van der Waals surface area contributed by atoms with Crippen LogP contribution in [0.25, 0.3) is 10.3 Å². The number of ether oxygens (including phenoxy) is 2. The summed E-state index contributed by atoms with van der Waals surface area (Å²) in [6.45, 7) is 2.19. The smallest absolute Gasteiger partial charge is 0.193 e. The molecule has 5 rings (SSSR count). The highest BCUT2D eigenvalue weighted by atomic mass is 32.1. The molecule has 0 aliphatic heterocycles. The molecule has 0 fully saturated rings. The number of nitrogens with zero attached hydrogens (tertiary/aromatic N) is 5. The summed E-state index contributed by atoms with van der Waals surface area (Å²) in [4.78, 5) is 11.4. The largest absolute Gasteiger partial charge is 0.497 e. The second-order valence-corrected chi connectivity index (χ2v) is 9.44. The molecule has 9 heteroatoms. The van der Waals surface area contributed by atoms with Crippen molar-refractivity contribution in [1.29, 1.82) is 0 Å². The molecule has 1 aromatic carbocycles. The van der Waals surface area contributed by atoms with Crippen molar-refractivity contribution in [2.45, 2.75) is 19.6 Å². The van der Waals surface area contributed by atoms with E-state index in [4.69, 9.17) is 9.47 Å². The van der Waals surface area contributed by atoms with E-state index in [1.165, 1.54) is 11.4 Å². The van der Waals surface area contributed by atoms with Crippen molar-refractivity contribution in [2.75, 3.05) is 14.2 Å². The van der Waals surface area contributed by atoms with Crippen molar-refractivity contribution in [1.82, 2.24) is 24.0 Å². The molecule has 0 aliphatic rings. The molecule has 0 saturated carbocycles. The molecule has 0 aliphatic carbocycles. The van der Waals surface area contributed by atoms with Gasteiger partial charge >= 0.3 is 0 Å².